The van der Waals surface area contributed by atoms with Crippen LogP contribution < -0.4 is 10.5 Å². The summed E-state index contributed by atoms with van der Waals surface area (Å²) in [6.45, 7) is 3.97. The summed E-state index contributed by atoms with van der Waals surface area (Å²) < 4.78 is 22.1. The summed E-state index contributed by atoms with van der Waals surface area (Å²) in [5, 5.41) is 9.30. The van der Waals surface area contributed by atoms with Crippen molar-refractivity contribution in [3.63, 3.8) is 0 Å². The number of thiophene rings is 1. The molecule has 0 saturated heterocycles. The van der Waals surface area contributed by atoms with Gasteiger partial charge in [0.1, 0.15) is 4.21 Å². The van der Waals surface area contributed by atoms with Gasteiger partial charge in [0.2, 0.25) is 10.0 Å². The highest BCUT2D eigenvalue weighted by Crippen LogP contribution is 2.18. The SMILES string of the molecule is CCC(CC)NC(=O)c1csc(S(N)(=O)=O)c1. The number of carbonyl (C=O) groups excluding carboxylic acids is 1. The van der Waals surface area contributed by atoms with Crippen molar-refractivity contribution in [1.29, 1.82) is 0 Å². The highest BCUT2D eigenvalue weighted by Gasteiger charge is 2.16. The van der Waals surface area contributed by atoms with Crippen LogP contribution in [0.5, 0.6) is 0 Å². The molecule has 1 amide bonds. The predicted molar refractivity (Wildman–Crippen MR) is 67.5 cm³/mol. The first-order valence-corrected chi connectivity index (χ1v) is 7.73. The largest absolute Gasteiger partial charge is 0.349 e. The first-order chi connectivity index (χ1) is 7.88. The van der Waals surface area contributed by atoms with Gasteiger partial charge < -0.3 is 5.32 Å². The van der Waals surface area contributed by atoms with Crippen LogP contribution in [0.3, 0.4) is 0 Å². The van der Waals surface area contributed by atoms with Gasteiger partial charge in [0.05, 0.1) is 5.56 Å². The minimum absolute atomic E-state index is 0.00666. The molecule has 0 aliphatic carbocycles. The molecular formula is C10H16N2O3S2. The predicted octanol–water partition coefficient (Wildman–Crippen LogP) is 1.31. The Hall–Kier alpha value is -0.920. The van der Waals surface area contributed by atoms with E-state index < -0.39 is 10.0 Å². The minimum Gasteiger partial charge on any atom is -0.349 e. The molecule has 1 heterocycles. The number of carbonyl (C=O) groups is 1. The Balaban J connectivity index is 2.81. The molecule has 0 spiro atoms. The van der Waals surface area contributed by atoms with Crippen LogP contribution in [0.4, 0.5) is 0 Å². The lowest BCUT2D eigenvalue weighted by molar-refractivity contribution is 0.0935. The molecule has 0 radical (unpaired) electrons. The van der Waals surface area contributed by atoms with Crippen molar-refractivity contribution < 1.29 is 13.2 Å². The molecular weight excluding hydrogens is 260 g/mol. The number of primary sulfonamides is 1. The molecule has 1 aromatic heterocycles. The average Bonchev–Trinajstić information content (AvgIpc) is 2.74. The van der Waals surface area contributed by atoms with E-state index in [-0.39, 0.29) is 16.2 Å². The van der Waals surface area contributed by atoms with Gasteiger partial charge in [-0.05, 0) is 18.9 Å². The molecule has 96 valence electrons. The smallest absolute Gasteiger partial charge is 0.252 e. The molecule has 0 bridgehead atoms. The normalized spacial score (nSPS) is 11.8. The van der Waals surface area contributed by atoms with E-state index in [1.54, 1.807) is 0 Å². The Kier molecular flexibility index (Phi) is 4.67. The molecule has 7 heteroatoms. The zero-order valence-corrected chi connectivity index (χ0v) is 11.4. The number of nitrogens with one attached hydrogen (secondary N) is 1. The van der Waals surface area contributed by atoms with Crippen molar-refractivity contribution >= 4 is 27.3 Å². The molecule has 0 aliphatic heterocycles. The van der Waals surface area contributed by atoms with Crippen LogP contribution >= 0.6 is 11.3 Å². The Morgan fingerprint density at radius 2 is 2.06 bits per heavy atom. The van der Waals surface area contributed by atoms with Crippen molar-refractivity contribution in [2.75, 3.05) is 0 Å². The lowest BCUT2D eigenvalue weighted by Crippen LogP contribution is -2.33. The number of nitrogens with two attached hydrogens (primary N) is 1. The van der Waals surface area contributed by atoms with Crippen molar-refractivity contribution in [3.05, 3.63) is 17.0 Å². The van der Waals surface area contributed by atoms with Crippen LogP contribution in [0.25, 0.3) is 0 Å². The lowest BCUT2D eigenvalue weighted by Gasteiger charge is -2.13. The van der Waals surface area contributed by atoms with Crippen molar-refractivity contribution in [3.8, 4) is 0 Å². The summed E-state index contributed by atoms with van der Waals surface area (Å²) in [5.74, 6) is -0.259. The maximum absolute atomic E-state index is 11.8. The monoisotopic (exact) mass is 276 g/mol. The van der Waals surface area contributed by atoms with Gasteiger partial charge in [-0.2, -0.15) is 0 Å². The maximum Gasteiger partial charge on any atom is 0.252 e. The van der Waals surface area contributed by atoms with Gasteiger partial charge in [0.15, 0.2) is 0 Å². The molecule has 0 saturated carbocycles. The third-order valence-electron chi connectivity index (χ3n) is 2.44. The molecule has 0 fully saturated rings. The van der Waals surface area contributed by atoms with Gasteiger partial charge in [0.25, 0.3) is 5.91 Å². The number of hydrogen-bond acceptors (Lipinski definition) is 4. The lowest BCUT2D eigenvalue weighted by atomic mass is 10.1. The zero-order valence-electron chi connectivity index (χ0n) is 9.76. The van der Waals surface area contributed by atoms with E-state index in [4.69, 9.17) is 5.14 Å². The maximum atomic E-state index is 11.8. The fraction of sp³-hybridized carbons (Fsp3) is 0.500. The Morgan fingerprint density at radius 1 is 1.47 bits per heavy atom. The standard InChI is InChI=1S/C10H16N2O3S2/c1-3-8(4-2)12-10(13)7-5-9(16-6-7)17(11,14)15/h5-6,8H,3-4H2,1-2H3,(H,12,13)(H2,11,14,15). The Labute approximate surface area is 105 Å². The summed E-state index contributed by atoms with van der Waals surface area (Å²) in [6.07, 6.45) is 1.68. The van der Waals surface area contributed by atoms with Crippen molar-refractivity contribution in [2.45, 2.75) is 36.9 Å². The van der Waals surface area contributed by atoms with E-state index in [0.717, 1.165) is 24.2 Å². The quantitative estimate of drug-likeness (QED) is 0.849. The molecule has 17 heavy (non-hydrogen) atoms. The van der Waals surface area contributed by atoms with Gasteiger partial charge in [-0.1, -0.05) is 13.8 Å². The van der Waals surface area contributed by atoms with Crippen LogP contribution in [-0.4, -0.2) is 20.4 Å². The first kappa shape index (κ1) is 14.1. The molecule has 1 rings (SSSR count). The molecule has 0 aliphatic rings. The van der Waals surface area contributed by atoms with Crippen LogP contribution in [0.1, 0.15) is 37.0 Å². The Morgan fingerprint density at radius 3 is 2.47 bits per heavy atom. The number of sulfonamides is 1. The fourth-order valence-electron chi connectivity index (χ4n) is 1.35. The summed E-state index contributed by atoms with van der Waals surface area (Å²) in [6, 6.07) is 1.41. The topological polar surface area (TPSA) is 89.3 Å². The van der Waals surface area contributed by atoms with Gasteiger partial charge in [-0.15, -0.1) is 11.3 Å². The van der Waals surface area contributed by atoms with E-state index in [9.17, 15) is 13.2 Å². The van der Waals surface area contributed by atoms with E-state index in [2.05, 4.69) is 5.32 Å². The summed E-state index contributed by atoms with van der Waals surface area (Å²) in [4.78, 5) is 11.8. The number of hydrogen-bond donors (Lipinski definition) is 2. The van der Waals surface area contributed by atoms with E-state index in [1.807, 2.05) is 13.8 Å². The fourth-order valence-corrected chi connectivity index (χ4v) is 2.93. The number of rotatable bonds is 5. The van der Waals surface area contributed by atoms with E-state index in [1.165, 1.54) is 11.4 Å². The van der Waals surface area contributed by atoms with Crippen LogP contribution in [0, 0.1) is 0 Å². The number of amides is 1. The van der Waals surface area contributed by atoms with Crippen molar-refractivity contribution in [1.82, 2.24) is 5.32 Å². The molecule has 1 aromatic rings. The molecule has 5 nitrogen and oxygen atoms in total. The highest BCUT2D eigenvalue weighted by atomic mass is 32.2. The molecule has 0 unspecified atom stereocenters. The van der Waals surface area contributed by atoms with E-state index in [0.29, 0.717) is 5.56 Å². The Bertz CT molecular complexity index is 489. The average molecular weight is 276 g/mol. The summed E-state index contributed by atoms with van der Waals surface area (Å²) >= 11 is 0.953. The second kappa shape index (κ2) is 5.61. The molecule has 0 atom stereocenters. The van der Waals surface area contributed by atoms with Crippen LogP contribution in [0.2, 0.25) is 0 Å². The highest BCUT2D eigenvalue weighted by molar-refractivity contribution is 7.91. The molecule has 3 N–H and O–H groups in total. The van der Waals surface area contributed by atoms with E-state index >= 15 is 0 Å². The van der Waals surface area contributed by atoms with Crippen molar-refractivity contribution in [2.24, 2.45) is 5.14 Å². The molecule has 0 aromatic carbocycles. The summed E-state index contributed by atoms with van der Waals surface area (Å²) in [5.41, 5.74) is 0.339. The minimum atomic E-state index is -3.72. The first-order valence-electron chi connectivity index (χ1n) is 5.30. The van der Waals surface area contributed by atoms with Gasteiger partial charge in [0, 0.05) is 11.4 Å². The van der Waals surface area contributed by atoms with Gasteiger partial charge in [-0.25, -0.2) is 13.6 Å². The third-order valence-corrected chi connectivity index (χ3v) is 4.83. The van der Waals surface area contributed by atoms with Gasteiger partial charge in [-0.3, -0.25) is 4.79 Å². The van der Waals surface area contributed by atoms with Gasteiger partial charge >= 0.3 is 0 Å². The third kappa shape index (κ3) is 3.79. The zero-order chi connectivity index (χ0) is 13.1. The summed E-state index contributed by atoms with van der Waals surface area (Å²) in [7, 11) is -3.72. The van der Waals surface area contributed by atoms with Crippen LogP contribution in [0.15, 0.2) is 15.7 Å². The second-order valence-electron chi connectivity index (χ2n) is 3.69. The second-order valence-corrected chi connectivity index (χ2v) is 6.39. The van der Waals surface area contributed by atoms with Crippen LogP contribution in [-0.2, 0) is 10.0 Å².